The fraction of sp³-hybridized carbons (Fsp3) is 0.333. The lowest BCUT2D eigenvalue weighted by molar-refractivity contribution is -0.136. The summed E-state index contributed by atoms with van der Waals surface area (Å²) in [6.07, 6.45) is 3.47. The summed E-state index contributed by atoms with van der Waals surface area (Å²) < 4.78 is 9.48. The molecule has 160 valence electrons. The van der Waals surface area contributed by atoms with E-state index in [9.17, 15) is 9.59 Å². The Labute approximate surface area is 186 Å². The van der Waals surface area contributed by atoms with E-state index in [1.54, 1.807) is 6.20 Å². The molecule has 1 saturated heterocycles. The average molecular weight is 456 g/mol. The zero-order chi connectivity index (χ0) is 21.4. The fourth-order valence-corrected chi connectivity index (χ4v) is 5.23. The maximum atomic E-state index is 12.8. The number of fused-ring (bicyclic) bond motifs is 2. The molecule has 0 aliphatic carbocycles. The highest BCUT2D eigenvalue weighted by atomic mass is 32.2. The summed E-state index contributed by atoms with van der Waals surface area (Å²) in [4.78, 5) is 36.5. The fourth-order valence-electron chi connectivity index (χ4n) is 3.67. The van der Waals surface area contributed by atoms with Gasteiger partial charge in [0.15, 0.2) is 4.96 Å². The lowest BCUT2D eigenvalue weighted by Crippen LogP contribution is -2.43. The van der Waals surface area contributed by atoms with Crippen LogP contribution in [-0.2, 0) is 15.3 Å². The largest absolute Gasteiger partial charge is 0.368 e. The Kier molecular flexibility index (Phi) is 5.51. The van der Waals surface area contributed by atoms with Gasteiger partial charge in [0.05, 0.1) is 30.3 Å². The second kappa shape index (κ2) is 8.45. The van der Waals surface area contributed by atoms with E-state index in [4.69, 9.17) is 4.74 Å². The number of carbonyl (C=O) groups excluding carboxylic acids is 1. The number of pyridine rings is 1. The third-order valence-electron chi connectivity index (χ3n) is 5.30. The van der Waals surface area contributed by atoms with Crippen molar-refractivity contribution in [1.29, 1.82) is 0 Å². The van der Waals surface area contributed by atoms with Crippen LogP contribution in [0.5, 0.6) is 0 Å². The number of aryl methyl sites for hydroxylation is 1. The highest BCUT2D eigenvalue weighted by Gasteiger charge is 2.27. The van der Waals surface area contributed by atoms with E-state index >= 15 is 0 Å². The Bertz CT molecular complexity index is 1310. The molecule has 4 aromatic rings. The summed E-state index contributed by atoms with van der Waals surface area (Å²) >= 11 is 2.90. The molecule has 0 aromatic carbocycles. The Morgan fingerprint density at radius 3 is 3.10 bits per heavy atom. The van der Waals surface area contributed by atoms with Gasteiger partial charge < -0.3 is 14.0 Å². The van der Waals surface area contributed by atoms with Crippen LogP contribution in [0.3, 0.4) is 0 Å². The summed E-state index contributed by atoms with van der Waals surface area (Å²) in [5, 5.41) is 1.84. The molecule has 1 unspecified atom stereocenters. The first-order chi connectivity index (χ1) is 15.1. The molecule has 10 heteroatoms. The van der Waals surface area contributed by atoms with Gasteiger partial charge in [-0.05, 0) is 19.1 Å². The number of amides is 1. The van der Waals surface area contributed by atoms with Gasteiger partial charge in [0.1, 0.15) is 11.8 Å². The zero-order valence-electron chi connectivity index (χ0n) is 16.9. The second-order valence-electron chi connectivity index (χ2n) is 7.39. The van der Waals surface area contributed by atoms with Crippen LogP contribution >= 0.6 is 23.1 Å². The van der Waals surface area contributed by atoms with Gasteiger partial charge in [0, 0.05) is 41.8 Å². The number of hydrogen-bond donors (Lipinski definition) is 0. The molecule has 1 fully saturated rings. The number of thioether (sulfide) groups is 1. The van der Waals surface area contributed by atoms with E-state index in [1.807, 2.05) is 46.0 Å². The average Bonchev–Trinajstić information content (AvgIpc) is 3.42. The van der Waals surface area contributed by atoms with Gasteiger partial charge in [-0.2, -0.15) is 0 Å². The van der Waals surface area contributed by atoms with Gasteiger partial charge in [-0.15, -0.1) is 23.1 Å². The number of imidazole rings is 1. The third-order valence-corrected chi connectivity index (χ3v) is 7.00. The van der Waals surface area contributed by atoms with Crippen molar-refractivity contribution in [3.63, 3.8) is 0 Å². The van der Waals surface area contributed by atoms with Crippen LogP contribution in [0, 0.1) is 6.92 Å². The maximum Gasteiger partial charge on any atom is 0.258 e. The number of carbonyl (C=O) groups is 1. The first-order valence-electron chi connectivity index (χ1n) is 9.96. The second-order valence-corrected chi connectivity index (χ2v) is 9.25. The molecule has 0 saturated carbocycles. The van der Waals surface area contributed by atoms with Crippen LogP contribution in [0.1, 0.15) is 23.2 Å². The van der Waals surface area contributed by atoms with Crippen LogP contribution in [0.15, 0.2) is 46.8 Å². The molecule has 0 radical (unpaired) electrons. The number of ether oxygens (including phenoxy) is 1. The molecule has 0 N–H and O–H groups in total. The predicted molar refractivity (Wildman–Crippen MR) is 121 cm³/mol. The van der Waals surface area contributed by atoms with E-state index in [2.05, 4.69) is 9.97 Å². The minimum absolute atomic E-state index is 0.0622. The SMILES string of the molecule is Cc1cccc2nc(C3CN(C(=O)CSCc4cc(=O)n5ccsc5n4)CCO3)cn12. The van der Waals surface area contributed by atoms with Crippen LogP contribution in [0.4, 0.5) is 0 Å². The standard InChI is InChI=1S/C21H21N5O3S2/c1-14-3-2-4-18-23-16(10-26(14)18)17-11-24(5-7-29-17)20(28)13-30-12-15-9-19(27)25-6-8-31-21(25)22-15/h2-4,6,8-10,17H,5,7,11-13H2,1H3. The number of thiazole rings is 1. The van der Waals surface area contributed by atoms with E-state index < -0.39 is 0 Å². The predicted octanol–water partition coefficient (Wildman–Crippen LogP) is 2.55. The Morgan fingerprint density at radius 2 is 2.23 bits per heavy atom. The van der Waals surface area contributed by atoms with Crippen molar-refractivity contribution in [3.05, 3.63) is 69.5 Å². The first-order valence-corrected chi connectivity index (χ1v) is 12.0. The number of nitrogens with zero attached hydrogens (tertiary/aromatic N) is 5. The van der Waals surface area contributed by atoms with Gasteiger partial charge in [-0.25, -0.2) is 9.97 Å². The zero-order valence-corrected chi connectivity index (χ0v) is 18.6. The minimum Gasteiger partial charge on any atom is -0.368 e. The molecular weight excluding hydrogens is 434 g/mol. The van der Waals surface area contributed by atoms with Crippen molar-refractivity contribution in [2.75, 3.05) is 25.4 Å². The van der Waals surface area contributed by atoms with E-state index in [-0.39, 0.29) is 17.6 Å². The van der Waals surface area contributed by atoms with Crippen molar-refractivity contribution in [2.24, 2.45) is 0 Å². The molecule has 1 aliphatic rings. The Balaban J connectivity index is 1.21. The summed E-state index contributed by atoms with van der Waals surface area (Å²) in [5.41, 5.74) is 3.43. The number of hydrogen-bond acceptors (Lipinski definition) is 7. The first kappa shape index (κ1) is 20.2. The summed E-state index contributed by atoms with van der Waals surface area (Å²) in [6.45, 7) is 3.58. The lowest BCUT2D eigenvalue weighted by atomic mass is 10.2. The van der Waals surface area contributed by atoms with Crippen molar-refractivity contribution in [3.8, 4) is 0 Å². The number of rotatable bonds is 5. The van der Waals surface area contributed by atoms with Crippen LogP contribution in [0.25, 0.3) is 10.6 Å². The Hall–Kier alpha value is -2.69. The van der Waals surface area contributed by atoms with Gasteiger partial charge in [-0.3, -0.25) is 14.0 Å². The normalized spacial score (nSPS) is 16.9. The van der Waals surface area contributed by atoms with Crippen LogP contribution in [0.2, 0.25) is 0 Å². The van der Waals surface area contributed by atoms with Gasteiger partial charge in [0.25, 0.3) is 5.56 Å². The van der Waals surface area contributed by atoms with E-state index in [0.717, 1.165) is 17.0 Å². The van der Waals surface area contributed by atoms with Crippen molar-refractivity contribution in [1.82, 2.24) is 23.7 Å². The van der Waals surface area contributed by atoms with Gasteiger partial charge >= 0.3 is 0 Å². The van der Waals surface area contributed by atoms with Gasteiger partial charge in [0.2, 0.25) is 5.91 Å². The monoisotopic (exact) mass is 455 g/mol. The van der Waals surface area contributed by atoms with Gasteiger partial charge in [-0.1, -0.05) is 6.07 Å². The lowest BCUT2D eigenvalue weighted by Gasteiger charge is -2.32. The van der Waals surface area contributed by atoms with Crippen molar-refractivity contribution >= 4 is 39.6 Å². The summed E-state index contributed by atoms with van der Waals surface area (Å²) in [7, 11) is 0. The molecular formula is C21H21N5O3S2. The quantitative estimate of drug-likeness (QED) is 0.460. The van der Waals surface area contributed by atoms with Crippen LogP contribution < -0.4 is 5.56 Å². The van der Waals surface area contributed by atoms with Crippen molar-refractivity contribution < 1.29 is 9.53 Å². The molecule has 1 aliphatic heterocycles. The number of aromatic nitrogens is 4. The highest BCUT2D eigenvalue weighted by molar-refractivity contribution is 7.99. The molecule has 1 atom stereocenters. The topological polar surface area (TPSA) is 81.2 Å². The molecule has 0 spiro atoms. The van der Waals surface area contributed by atoms with E-state index in [1.165, 1.54) is 33.6 Å². The maximum absolute atomic E-state index is 12.8. The molecule has 8 nitrogen and oxygen atoms in total. The van der Waals surface area contributed by atoms with E-state index in [0.29, 0.717) is 41.9 Å². The highest BCUT2D eigenvalue weighted by Crippen LogP contribution is 2.23. The molecule has 5 rings (SSSR count). The molecule has 31 heavy (non-hydrogen) atoms. The molecule has 5 heterocycles. The van der Waals surface area contributed by atoms with Crippen molar-refractivity contribution in [2.45, 2.75) is 18.8 Å². The van der Waals surface area contributed by atoms with Crippen LogP contribution in [-0.4, -0.2) is 55.0 Å². The molecule has 4 aromatic heterocycles. The summed E-state index contributed by atoms with van der Waals surface area (Å²) in [5.74, 6) is 0.921. The molecule has 0 bridgehead atoms. The third kappa shape index (κ3) is 4.10. The smallest absolute Gasteiger partial charge is 0.258 e. The minimum atomic E-state index is -0.232. The Morgan fingerprint density at radius 1 is 1.32 bits per heavy atom. The molecule has 1 amide bonds. The summed E-state index contributed by atoms with van der Waals surface area (Å²) in [6, 6.07) is 7.52. The number of morpholine rings is 1.